The van der Waals surface area contributed by atoms with Gasteiger partial charge in [-0.3, -0.25) is 9.59 Å². The Kier molecular flexibility index (Phi) is 5.22. The van der Waals surface area contributed by atoms with E-state index >= 15 is 0 Å². The van der Waals surface area contributed by atoms with E-state index in [2.05, 4.69) is 26.3 Å². The number of nitrogens with zero attached hydrogens (tertiary/aromatic N) is 2. The van der Waals surface area contributed by atoms with Crippen molar-refractivity contribution in [2.45, 2.75) is 31.2 Å². The number of hydrogen-bond acceptors (Lipinski definition) is 3. The zero-order valence-electron chi connectivity index (χ0n) is 13.9. The maximum Gasteiger partial charge on any atom is 0.244 e. The predicted octanol–water partition coefficient (Wildman–Crippen LogP) is 2.70. The number of carbonyl (C=O) groups is 2. The van der Waals surface area contributed by atoms with Crippen LogP contribution >= 0.6 is 15.9 Å². The van der Waals surface area contributed by atoms with Crippen molar-refractivity contribution < 1.29 is 14.0 Å². The molecule has 1 aliphatic rings. The number of amides is 2. The van der Waals surface area contributed by atoms with Gasteiger partial charge in [-0.25, -0.2) is 9.07 Å². The normalized spacial score (nSPS) is 16.1. The molecule has 8 heteroatoms. The van der Waals surface area contributed by atoms with Crippen LogP contribution in [0.2, 0.25) is 0 Å². The zero-order chi connectivity index (χ0) is 18.7. The minimum Gasteiger partial charge on any atom is -0.368 e. The predicted molar refractivity (Wildman–Crippen MR) is 98.8 cm³/mol. The zero-order valence-corrected chi connectivity index (χ0v) is 15.5. The van der Waals surface area contributed by atoms with Crippen molar-refractivity contribution in [2.24, 2.45) is 5.73 Å². The van der Waals surface area contributed by atoms with Gasteiger partial charge in [-0.1, -0.05) is 18.9 Å². The van der Waals surface area contributed by atoms with Gasteiger partial charge >= 0.3 is 0 Å². The van der Waals surface area contributed by atoms with Gasteiger partial charge in [0, 0.05) is 12.3 Å². The molecule has 0 atom stereocenters. The average Bonchev–Trinajstić information content (AvgIpc) is 3.23. The summed E-state index contributed by atoms with van der Waals surface area (Å²) in [6, 6.07) is 4.57. The smallest absolute Gasteiger partial charge is 0.244 e. The quantitative estimate of drug-likeness (QED) is 0.728. The summed E-state index contributed by atoms with van der Waals surface area (Å²) < 4.78 is 16.4. The van der Waals surface area contributed by atoms with E-state index in [4.69, 9.17) is 5.73 Å². The molecular formula is C18H18BrFN4O2. The van der Waals surface area contributed by atoms with Gasteiger partial charge in [-0.2, -0.15) is 5.10 Å². The number of aromatic nitrogens is 2. The Balaban J connectivity index is 1.71. The number of carbonyl (C=O) groups excluding carboxylic acids is 2. The molecular weight excluding hydrogens is 403 g/mol. The first kappa shape index (κ1) is 18.3. The number of benzene rings is 1. The summed E-state index contributed by atoms with van der Waals surface area (Å²) in [6.45, 7) is 0. The van der Waals surface area contributed by atoms with Crippen LogP contribution in [0.1, 0.15) is 31.2 Å². The SMILES string of the molecule is NC(=O)C1(NC(=O)/C=C/c2ccc(-n3cc(Br)cn3)c(F)c2)CCCC1. The lowest BCUT2D eigenvalue weighted by molar-refractivity contribution is -0.129. The van der Waals surface area contributed by atoms with Crippen LogP contribution in [0.3, 0.4) is 0 Å². The maximum atomic E-state index is 14.3. The van der Waals surface area contributed by atoms with Crippen LogP contribution in [0.5, 0.6) is 0 Å². The largest absolute Gasteiger partial charge is 0.368 e. The lowest BCUT2D eigenvalue weighted by Crippen LogP contribution is -2.55. The van der Waals surface area contributed by atoms with Crippen LogP contribution in [-0.4, -0.2) is 27.1 Å². The van der Waals surface area contributed by atoms with Gasteiger partial charge in [0.2, 0.25) is 11.8 Å². The van der Waals surface area contributed by atoms with Gasteiger partial charge in [0.05, 0.1) is 10.7 Å². The fourth-order valence-electron chi connectivity index (χ4n) is 3.11. The van der Waals surface area contributed by atoms with Crippen LogP contribution in [0.15, 0.2) is 41.1 Å². The lowest BCUT2D eigenvalue weighted by Gasteiger charge is -2.25. The van der Waals surface area contributed by atoms with E-state index in [1.165, 1.54) is 22.9 Å². The Morgan fingerprint density at radius 2 is 2.08 bits per heavy atom. The summed E-state index contributed by atoms with van der Waals surface area (Å²) in [7, 11) is 0. The second-order valence-corrected chi connectivity index (χ2v) is 7.21. The van der Waals surface area contributed by atoms with Crippen molar-refractivity contribution in [3.05, 3.63) is 52.5 Å². The standard InChI is InChI=1S/C18H18BrFN4O2/c19-13-10-22-24(11-13)15-5-3-12(9-14(15)20)4-6-16(25)23-18(17(21)26)7-1-2-8-18/h3-6,9-11H,1-2,7-8H2,(H2,21,26)(H,23,25)/b6-4+. The van der Waals surface area contributed by atoms with Gasteiger partial charge in [0.15, 0.2) is 0 Å². The number of primary amides is 1. The minimum atomic E-state index is -0.968. The molecule has 1 aromatic heterocycles. The first-order chi connectivity index (χ1) is 12.4. The van der Waals surface area contributed by atoms with Crippen LogP contribution in [0, 0.1) is 5.82 Å². The molecule has 0 aliphatic heterocycles. The van der Waals surface area contributed by atoms with E-state index in [0.29, 0.717) is 24.1 Å². The van der Waals surface area contributed by atoms with Gasteiger partial charge in [-0.05, 0) is 52.5 Å². The van der Waals surface area contributed by atoms with E-state index in [-0.39, 0.29) is 0 Å². The molecule has 6 nitrogen and oxygen atoms in total. The van der Waals surface area contributed by atoms with Crippen molar-refractivity contribution in [2.75, 3.05) is 0 Å². The Hall–Kier alpha value is -2.48. The second kappa shape index (κ2) is 7.41. The summed E-state index contributed by atoms with van der Waals surface area (Å²) >= 11 is 3.27. The molecule has 1 aliphatic carbocycles. The monoisotopic (exact) mass is 420 g/mol. The van der Waals surface area contributed by atoms with Crippen LogP contribution in [-0.2, 0) is 9.59 Å². The van der Waals surface area contributed by atoms with Crippen LogP contribution in [0.4, 0.5) is 4.39 Å². The molecule has 26 heavy (non-hydrogen) atoms. The molecule has 1 fully saturated rings. The van der Waals surface area contributed by atoms with Gasteiger partial charge < -0.3 is 11.1 Å². The summed E-state index contributed by atoms with van der Waals surface area (Å²) in [5, 5.41) is 6.74. The van der Waals surface area contributed by atoms with Crippen molar-refractivity contribution in [1.29, 1.82) is 0 Å². The van der Waals surface area contributed by atoms with E-state index < -0.39 is 23.2 Å². The van der Waals surface area contributed by atoms with E-state index in [0.717, 1.165) is 17.3 Å². The third-order valence-corrected chi connectivity index (χ3v) is 4.90. The number of nitrogens with one attached hydrogen (secondary N) is 1. The number of rotatable bonds is 5. The molecule has 1 saturated carbocycles. The molecule has 0 bridgehead atoms. The molecule has 0 spiro atoms. The molecule has 3 rings (SSSR count). The molecule has 1 aromatic carbocycles. The number of hydrogen-bond donors (Lipinski definition) is 2. The van der Waals surface area contributed by atoms with E-state index in [1.807, 2.05) is 0 Å². The Labute approximate surface area is 158 Å². The Morgan fingerprint density at radius 1 is 1.35 bits per heavy atom. The van der Waals surface area contributed by atoms with Crippen molar-refractivity contribution in [3.8, 4) is 5.69 Å². The highest BCUT2D eigenvalue weighted by atomic mass is 79.9. The number of nitrogens with two attached hydrogens (primary N) is 1. The molecule has 3 N–H and O–H groups in total. The molecule has 0 saturated heterocycles. The van der Waals surface area contributed by atoms with Crippen molar-refractivity contribution >= 4 is 33.8 Å². The van der Waals surface area contributed by atoms with Gasteiger partial charge in [0.25, 0.3) is 0 Å². The molecule has 2 amide bonds. The summed E-state index contributed by atoms with van der Waals surface area (Å²) in [5.41, 5.74) is 5.30. The second-order valence-electron chi connectivity index (χ2n) is 6.29. The van der Waals surface area contributed by atoms with E-state index in [1.54, 1.807) is 24.5 Å². The van der Waals surface area contributed by atoms with Crippen molar-refractivity contribution in [1.82, 2.24) is 15.1 Å². The third-order valence-electron chi connectivity index (χ3n) is 4.49. The summed E-state index contributed by atoms with van der Waals surface area (Å²) in [6.07, 6.45) is 8.77. The highest BCUT2D eigenvalue weighted by molar-refractivity contribution is 9.10. The lowest BCUT2D eigenvalue weighted by atomic mass is 9.96. The molecule has 1 heterocycles. The third kappa shape index (κ3) is 3.85. The maximum absolute atomic E-state index is 14.3. The van der Waals surface area contributed by atoms with Gasteiger partial charge in [-0.15, -0.1) is 0 Å². The van der Waals surface area contributed by atoms with Crippen LogP contribution in [0.25, 0.3) is 11.8 Å². The first-order valence-electron chi connectivity index (χ1n) is 8.20. The topological polar surface area (TPSA) is 90.0 Å². The highest BCUT2D eigenvalue weighted by Gasteiger charge is 2.40. The molecule has 136 valence electrons. The fourth-order valence-corrected chi connectivity index (χ4v) is 3.39. The Morgan fingerprint density at radius 3 is 2.65 bits per heavy atom. The molecule has 2 aromatic rings. The van der Waals surface area contributed by atoms with Gasteiger partial charge in [0.1, 0.15) is 17.0 Å². The first-order valence-corrected chi connectivity index (χ1v) is 8.99. The van der Waals surface area contributed by atoms with E-state index in [9.17, 15) is 14.0 Å². The highest BCUT2D eigenvalue weighted by Crippen LogP contribution is 2.29. The van der Waals surface area contributed by atoms with Crippen LogP contribution < -0.4 is 11.1 Å². The van der Waals surface area contributed by atoms with Crippen molar-refractivity contribution in [3.63, 3.8) is 0 Å². The number of halogens is 2. The Bertz CT molecular complexity index is 872. The summed E-state index contributed by atoms with van der Waals surface area (Å²) in [5.74, 6) is -1.41. The molecule has 0 unspecified atom stereocenters. The average molecular weight is 421 g/mol. The fraction of sp³-hybridized carbons (Fsp3) is 0.278. The molecule has 0 radical (unpaired) electrons. The minimum absolute atomic E-state index is 0.302. The summed E-state index contributed by atoms with van der Waals surface area (Å²) in [4.78, 5) is 23.8.